The summed E-state index contributed by atoms with van der Waals surface area (Å²) in [5, 5.41) is 10.8. The molecule has 2 aromatic heterocycles. The van der Waals surface area contributed by atoms with Gasteiger partial charge in [0.2, 0.25) is 11.1 Å². The fraction of sp³-hybridized carbons (Fsp3) is 0. The lowest BCUT2D eigenvalue weighted by molar-refractivity contribution is 0.448. The summed E-state index contributed by atoms with van der Waals surface area (Å²) in [5.41, 5.74) is 0.646. The van der Waals surface area contributed by atoms with Crippen LogP contribution in [0.25, 0.3) is 5.69 Å². The molecule has 3 aromatic rings. The van der Waals surface area contributed by atoms with Gasteiger partial charge in [-0.25, -0.2) is 13.8 Å². The minimum Gasteiger partial charge on any atom is -0.207 e. The zero-order chi connectivity index (χ0) is 14.8. The Morgan fingerprint density at radius 3 is 2.52 bits per heavy atom. The van der Waals surface area contributed by atoms with Crippen molar-refractivity contribution in [3.63, 3.8) is 0 Å². The fourth-order valence-electron chi connectivity index (χ4n) is 1.56. The molecule has 5 nitrogen and oxygen atoms in total. The lowest BCUT2D eigenvalue weighted by Gasteiger charge is -2.04. The van der Waals surface area contributed by atoms with Crippen LogP contribution in [-0.2, 0) is 0 Å². The standard InChI is InChI=1S/C12H6F3N5S/c13-8-6-9(14)11(16-10(8)15)21-12-17-18-19-20(12)7-4-2-1-3-5-7/h1-6H. The molecule has 106 valence electrons. The Kier molecular flexibility index (Phi) is 3.57. The number of nitrogens with zero attached hydrogens (tertiary/aromatic N) is 5. The summed E-state index contributed by atoms with van der Waals surface area (Å²) < 4.78 is 40.9. The molecule has 0 bridgehead atoms. The van der Waals surface area contributed by atoms with Crippen molar-refractivity contribution in [2.24, 2.45) is 0 Å². The van der Waals surface area contributed by atoms with Gasteiger partial charge in [0.25, 0.3) is 0 Å². The molecule has 0 N–H and O–H groups in total. The normalized spacial score (nSPS) is 10.8. The zero-order valence-corrected chi connectivity index (χ0v) is 11.1. The van der Waals surface area contributed by atoms with Crippen LogP contribution in [0.1, 0.15) is 0 Å². The number of hydrogen-bond acceptors (Lipinski definition) is 5. The maximum Gasteiger partial charge on any atom is 0.250 e. The van der Waals surface area contributed by atoms with E-state index in [0.29, 0.717) is 23.5 Å². The minimum absolute atomic E-state index is 0.179. The number of hydrogen-bond donors (Lipinski definition) is 0. The van der Waals surface area contributed by atoms with Crippen molar-refractivity contribution in [1.29, 1.82) is 0 Å². The van der Waals surface area contributed by atoms with E-state index in [9.17, 15) is 13.2 Å². The maximum atomic E-state index is 13.6. The molecule has 0 saturated heterocycles. The van der Waals surface area contributed by atoms with Crippen molar-refractivity contribution in [2.45, 2.75) is 10.2 Å². The highest BCUT2D eigenvalue weighted by molar-refractivity contribution is 7.99. The van der Waals surface area contributed by atoms with Gasteiger partial charge in [0.1, 0.15) is 5.03 Å². The van der Waals surface area contributed by atoms with E-state index in [1.807, 2.05) is 6.07 Å². The second-order valence-electron chi connectivity index (χ2n) is 3.86. The van der Waals surface area contributed by atoms with Gasteiger partial charge in [-0.2, -0.15) is 9.07 Å². The summed E-state index contributed by atoms with van der Waals surface area (Å²) >= 11 is 0.699. The van der Waals surface area contributed by atoms with Gasteiger partial charge in [0, 0.05) is 6.07 Å². The smallest absolute Gasteiger partial charge is 0.207 e. The van der Waals surface area contributed by atoms with Gasteiger partial charge in [-0.05, 0) is 34.3 Å². The largest absolute Gasteiger partial charge is 0.250 e. The molecule has 0 spiro atoms. The fourth-order valence-corrected chi connectivity index (χ4v) is 2.32. The third-order valence-corrected chi connectivity index (χ3v) is 3.40. The Hall–Kier alpha value is -2.42. The highest BCUT2D eigenvalue weighted by atomic mass is 32.2. The van der Waals surface area contributed by atoms with Crippen molar-refractivity contribution in [3.8, 4) is 5.69 Å². The van der Waals surface area contributed by atoms with E-state index in [1.165, 1.54) is 4.68 Å². The van der Waals surface area contributed by atoms with Crippen molar-refractivity contribution < 1.29 is 13.2 Å². The van der Waals surface area contributed by atoms with Crippen LogP contribution in [0.4, 0.5) is 13.2 Å². The lowest BCUT2D eigenvalue weighted by atomic mass is 10.3. The van der Waals surface area contributed by atoms with Gasteiger partial charge in [-0.3, -0.25) is 0 Å². The van der Waals surface area contributed by atoms with Crippen molar-refractivity contribution in [1.82, 2.24) is 25.2 Å². The monoisotopic (exact) mass is 309 g/mol. The second-order valence-corrected chi connectivity index (χ2v) is 4.81. The number of aromatic nitrogens is 5. The van der Waals surface area contributed by atoms with Crippen LogP contribution in [-0.4, -0.2) is 25.2 Å². The summed E-state index contributed by atoms with van der Waals surface area (Å²) in [6, 6.07) is 9.30. The van der Waals surface area contributed by atoms with E-state index in [0.717, 1.165) is 0 Å². The number of benzene rings is 1. The van der Waals surface area contributed by atoms with E-state index >= 15 is 0 Å². The molecule has 0 aliphatic heterocycles. The molecule has 0 radical (unpaired) electrons. The second kappa shape index (κ2) is 5.52. The third-order valence-electron chi connectivity index (χ3n) is 2.48. The quantitative estimate of drug-likeness (QED) is 0.696. The van der Waals surface area contributed by atoms with Crippen LogP contribution in [0.5, 0.6) is 0 Å². The van der Waals surface area contributed by atoms with Gasteiger partial charge < -0.3 is 0 Å². The highest BCUT2D eigenvalue weighted by Gasteiger charge is 2.17. The van der Waals surface area contributed by atoms with Gasteiger partial charge in [-0.1, -0.05) is 18.2 Å². The lowest BCUT2D eigenvalue weighted by Crippen LogP contribution is -2.00. The van der Waals surface area contributed by atoms with Crippen LogP contribution in [0, 0.1) is 17.6 Å². The molecule has 9 heteroatoms. The maximum absolute atomic E-state index is 13.6. The van der Waals surface area contributed by atoms with Crippen LogP contribution in [0.2, 0.25) is 0 Å². The zero-order valence-electron chi connectivity index (χ0n) is 10.2. The first-order valence-electron chi connectivity index (χ1n) is 5.68. The third kappa shape index (κ3) is 2.72. The Morgan fingerprint density at radius 2 is 1.76 bits per heavy atom. The summed E-state index contributed by atoms with van der Waals surface area (Å²) in [4.78, 5) is 3.22. The van der Waals surface area contributed by atoms with Gasteiger partial charge in [-0.15, -0.1) is 5.10 Å². The van der Waals surface area contributed by atoms with Crippen molar-refractivity contribution >= 4 is 11.8 Å². The van der Waals surface area contributed by atoms with Gasteiger partial charge in [0.05, 0.1) is 5.69 Å². The number of halogens is 3. The summed E-state index contributed by atoms with van der Waals surface area (Å²) in [6.07, 6.45) is 0. The summed E-state index contributed by atoms with van der Waals surface area (Å²) in [5.74, 6) is -3.71. The molecule has 0 unspecified atom stereocenters. The first kappa shape index (κ1) is 13.6. The van der Waals surface area contributed by atoms with Crippen LogP contribution >= 0.6 is 11.8 Å². The van der Waals surface area contributed by atoms with E-state index < -0.39 is 17.6 Å². The van der Waals surface area contributed by atoms with E-state index in [2.05, 4.69) is 20.5 Å². The Balaban J connectivity index is 1.97. The molecule has 0 aliphatic rings. The predicted molar refractivity (Wildman–Crippen MR) is 67.4 cm³/mol. The molecule has 2 heterocycles. The van der Waals surface area contributed by atoms with Gasteiger partial charge >= 0.3 is 0 Å². The molecule has 1 aromatic carbocycles. The molecule has 21 heavy (non-hydrogen) atoms. The molecule has 3 rings (SSSR count). The number of rotatable bonds is 3. The average Bonchev–Trinajstić information content (AvgIpc) is 2.94. The predicted octanol–water partition coefficient (Wildman–Crippen LogP) is 2.63. The van der Waals surface area contributed by atoms with E-state index in [1.54, 1.807) is 24.3 Å². The van der Waals surface area contributed by atoms with Gasteiger partial charge in [0.15, 0.2) is 11.6 Å². The van der Waals surface area contributed by atoms with E-state index in [4.69, 9.17) is 0 Å². The molecule has 0 saturated carbocycles. The SMILES string of the molecule is Fc1cc(F)c(Sc2nnnn2-c2ccccc2)nc1F. The Bertz CT molecular complexity index is 778. The Morgan fingerprint density at radius 1 is 1.00 bits per heavy atom. The summed E-state index contributed by atoms with van der Waals surface area (Å²) in [7, 11) is 0. The first-order valence-corrected chi connectivity index (χ1v) is 6.50. The number of tetrazole rings is 1. The average molecular weight is 309 g/mol. The highest BCUT2D eigenvalue weighted by Crippen LogP contribution is 2.28. The van der Waals surface area contributed by atoms with Crippen LogP contribution in [0.15, 0.2) is 46.6 Å². The Labute approximate surface area is 120 Å². The molecule has 0 aliphatic carbocycles. The summed E-state index contributed by atoms with van der Waals surface area (Å²) in [6.45, 7) is 0. The van der Waals surface area contributed by atoms with Crippen LogP contribution in [0.3, 0.4) is 0 Å². The topological polar surface area (TPSA) is 56.5 Å². The molecular formula is C12H6F3N5S. The molecule has 0 fully saturated rings. The number of pyridine rings is 1. The first-order chi connectivity index (χ1) is 10.1. The molecule has 0 atom stereocenters. The number of para-hydroxylation sites is 1. The minimum atomic E-state index is -1.38. The molecular weight excluding hydrogens is 303 g/mol. The van der Waals surface area contributed by atoms with Crippen molar-refractivity contribution in [3.05, 3.63) is 54.0 Å². The molecule has 0 amide bonds. The van der Waals surface area contributed by atoms with Crippen LogP contribution < -0.4 is 0 Å². The van der Waals surface area contributed by atoms with Crippen molar-refractivity contribution in [2.75, 3.05) is 0 Å². The van der Waals surface area contributed by atoms with E-state index in [-0.39, 0.29) is 10.2 Å².